The highest BCUT2D eigenvalue weighted by Gasteiger charge is 2.16. The molecule has 1 aromatic carbocycles. The van der Waals surface area contributed by atoms with Crippen molar-refractivity contribution in [3.63, 3.8) is 0 Å². The highest BCUT2D eigenvalue weighted by Crippen LogP contribution is 2.18. The fourth-order valence-electron chi connectivity index (χ4n) is 1.74. The number of pyridine rings is 1. The van der Waals surface area contributed by atoms with Gasteiger partial charge in [0.1, 0.15) is 21.9 Å². The lowest BCUT2D eigenvalue weighted by Crippen LogP contribution is -2.28. The molecule has 2 rings (SSSR count). The highest BCUT2D eigenvalue weighted by atomic mass is 79.9. The standard InChI is InChI=1S/C14H11BrF2N2O/c1-8(10-6-5-9(16)7-11(10)17)18-14(20)12-3-2-4-13(15)19-12/h2-8H,1H3,(H,18,20). The largest absolute Gasteiger partial charge is 0.344 e. The third-order valence-corrected chi connectivity index (χ3v) is 3.17. The van der Waals surface area contributed by atoms with Gasteiger partial charge in [-0.3, -0.25) is 4.79 Å². The fraction of sp³-hybridized carbons (Fsp3) is 0.143. The minimum atomic E-state index is -0.694. The summed E-state index contributed by atoms with van der Waals surface area (Å²) in [6.45, 7) is 1.62. The van der Waals surface area contributed by atoms with E-state index in [2.05, 4.69) is 26.2 Å². The highest BCUT2D eigenvalue weighted by molar-refractivity contribution is 9.10. The van der Waals surface area contributed by atoms with E-state index in [-0.39, 0.29) is 11.3 Å². The van der Waals surface area contributed by atoms with Crippen molar-refractivity contribution in [2.45, 2.75) is 13.0 Å². The molecule has 0 saturated carbocycles. The van der Waals surface area contributed by atoms with Crippen LogP contribution < -0.4 is 5.32 Å². The number of carbonyl (C=O) groups excluding carboxylic acids is 1. The topological polar surface area (TPSA) is 42.0 Å². The molecule has 0 bridgehead atoms. The van der Waals surface area contributed by atoms with Crippen LogP contribution in [0.25, 0.3) is 0 Å². The zero-order chi connectivity index (χ0) is 14.7. The van der Waals surface area contributed by atoms with E-state index in [1.165, 1.54) is 6.07 Å². The molecular weight excluding hydrogens is 330 g/mol. The lowest BCUT2D eigenvalue weighted by molar-refractivity contribution is 0.0934. The molecule has 1 heterocycles. The summed E-state index contributed by atoms with van der Waals surface area (Å²) in [6, 6.07) is 7.57. The van der Waals surface area contributed by atoms with Crippen LogP contribution in [0, 0.1) is 11.6 Å². The molecule has 0 aliphatic carbocycles. The number of benzene rings is 1. The minimum absolute atomic E-state index is 0.216. The number of halogens is 3. The van der Waals surface area contributed by atoms with Gasteiger partial charge in [0, 0.05) is 11.6 Å². The Morgan fingerprint density at radius 3 is 2.70 bits per heavy atom. The molecule has 6 heteroatoms. The van der Waals surface area contributed by atoms with Gasteiger partial charge in [0.2, 0.25) is 0 Å². The van der Waals surface area contributed by atoms with Crippen LogP contribution in [0.3, 0.4) is 0 Å². The van der Waals surface area contributed by atoms with E-state index in [4.69, 9.17) is 0 Å². The van der Waals surface area contributed by atoms with Crippen LogP contribution >= 0.6 is 15.9 Å². The molecule has 0 saturated heterocycles. The zero-order valence-corrected chi connectivity index (χ0v) is 12.1. The molecule has 3 nitrogen and oxygen atoms in total. The summed E-state index contributed by atoms with van der Waals surface area (Å²) < 4.78 is 27.0. The zero-order valence-electron chi connectivity index (χ0n) is 10.5. The van der Waals surface area contributed by atoms with Crippen LogP contribution in [0.15, 0.2) is 41.0 Å². The van der Waals surface area contributed by atoms with Crippen molar-refractivity contribution in [2.75, 3.05) is 0 Å². The molecule has 1 atom stereocenters. The molecule has 2 aromatic rings. The number of aromatic nitrogens is 1. The van der Waals surface area contributed by atoms with Gasteiger partial charge in [0.15, 0.2) is 0 Å². The van der Waals surface area contributed by atoms with Gasteiger partial charge in [-0.05, 0) is 41.1 Å². The lowest BCUT2D eigenvalue weighted by Gasteiger charge is -2.15. The quantitative estimate of drug-likeness (QED) is 0.867. The Hall–Kier alpha value is -1.82. The molecular formula is C14H11BrF2N2O. The van der Waals surface area contributed by atoms with Crippen LogP contribution in [0.1, 0.15) is 29.0 Å². The van der Waals surface area contributed by atoms with Crippen molar-refractivity contribution in [3.05, 3.63) is 63.9 Å². The second kappa shape index (κ2) is 6.09. The summed E-state index contributed by atoms with van der Waals surface area (Å²) in [4.78, 5) is 16.0. The van der Waals surface area contributed by atoms with Crippen LogP contribution in [-0.2, 0) is 0 Å². The SMILES string of the molecule is CC(NC(=O)c1cccc(Br)n1)c1ccc(F)cc1F. The molecule has 0 aliphatic heterocycles. The first-order chi connectivity index (χ1) is 9.47. The van der Waals surface area contributed by atoms with E-state index in [9.17, 15) is 13.6 Å². The molecule has 1 aromatic heterocycles. The van der Waals surface area contributed by atoms with Gasteiger partial charge >= 0.3 is 0 Å². The van der Waals surface area contributed by atoms with Gasteiger partial charge < -0.3 is 5.32 Å². The van der Waals surface area contributed by atoms with Crippen molar-refractivity contribution in [2.24, 2.45) is 0 Å². The number of rotatable bonds is 3. The molecule has 1 N–H and O–H groups in total. The monoisotopic (exact) mass is 340 g/mol. The number of hydrogen-bond acceptors (Lipinski definition) is 2. The van der Waals surface area contributed by atoms with Crippen molar-refractivity contribution >= 4 is 21.8 Å². The summed E-state index contributed by atoms with van der Waals surface area (Å²) in [5.41, 5.74) is 0.434. The van der Waals surface area contributed by atoms with Crippen molar-refractivity contribution < 1.29 is 13.6 Å². The van der Waals surface area contributed by atoms with E-state index >= 15 is 0 Å². The molecule has 0 fully saturated rings. The second-order valence-corrected chi connectivity index (χ2v) is 5.02. The van der Waals surface area contributed by atoms with Crippen LogP contribution in [0.5, 0.6) is 0 Å². The third-order valence-electron chi connectivity index (χ3n) is 2.72. The van der Waals surface area contributed by atoms with Gasteiger partial charge in [-0.25, -0.2) is 13.8 Å². The summed E-state index contributed by atoms with van der Waals surface area (Å²) in [5, 5.41) is 2.62. The first kappa shape index (κ1) is 14.6. The van der Waals surface area contributed by atoms with Crippen molar-refractivity contribution in [1.29, 1.82) is 0 Å². The summed E-state index contributed by atoms with van der Waals surface area (Å²) in [5.74, 6) is -1.78. The molecule has 1 amide bonds. The van der Waals surface area contributed by atoms with E-state index in [1.54, 1.807) is 25.1 Å². The van der Waals surface area contributed by atoms with Gasteiger partial charge in [-0.1, -0.05) is 12.1 Å². The predicted molar refractivity (Wildman–Crippen MR) is 74.2 cm³/mol. The fourth-order valence-corrected chi connectivity index (χ4v) is 2.08. The second-order valence-electron chi connectivity index (χ2n) is 4.21. The van der Waals surface area contributed by atoms with E-state index in [0.717, 1.165) is 12.1 Å². The maximum Gasteiger partial charge on any atom is 0.270 e. The Labute approximate surface area is 123 Å². The number of hydrogen-bond donors (Lipinski definition) is 1. The number of amides is 1. The predicted octanol–water partition coefficient (Wildman–Crippen LogP) is 3.61. The Balaban J connectivity index is 2.15. The molecule has 104 valence electrons. The third kappa shape index (κ3) is 3.39. The average Bonchev–Trinajstić information content (AvgIpc) is 2.38. The lowest BCUT2D eigenvalue weighted by atomic mass is 10.1. The van der Waals surface area contributed by atoms with E-state index in [0.29, 0.717) is 4.60 Å². The maximum atomic E-state index is 13.6. The van der Waals surface area contributed by atoms with Crippen LogP contribution in [0.4, 0.5) is 8.78 Å². The summed E-state index contributed by atoms with van der Waals surface area (Å²) in [7, 11) is 0. The number of carbonyl (C=O) groups is 1. The molecule has 0 spiro atoms. The molecule has 20 heavy (non-hydrogen) atoms. The first-order valence-electron chi connectivity index (χ1n) is 5.86. The number of nitrogens with zero attached hydrogens (tertiary/aromatic N) is 1. The van der Waals surface area contributed by atoms with Gasteiger partial charge in [0.05, 0.1) is 6.04 Å². The maximum absolute atomic E-state index is 13.6. The van der Waals surface area contributed by atoms with Gasteiger partial charge in [0.25, 0.3) is 5.91 Å². The Kier molecular flexibility index (Phi) is 4.44. The summed E-state index contributed by atoms with van der Waals surface area (Å²) in [6.07, 6.45) is 0. The van der Waals surface area contributed by atoms with Gasteiger partial charge in [-0.2, -0.15) is 0 Å². The molecule has 0 radical (unpaired) electrons. The Bertz CT molecular complexity index is 649. The Morgan fingerprint density at radius 1 is 1.30 bits per heavy atom. The molecule has 0 aliphatic rings. The van der Waals surface area contributed by atoms with Crippen molar-refractivity contribution in [3.8, 4) is 0 Å². The number of nitrogens with one attached hydrogen (secondary N) is 1. The summed E-state index contributed by atoms with van der Waals surface area (Å²) >= 11 is 3.17. The normalized spacial score (nSPS) is 12.0. The average molecular weight is 341 g/mol. The first-order valence-corrected chi connectivity index (χ1v) is 6.65. The van der Waals surface area contributed by atoms with Crippen LogP contribution in [-0.4, -0.2) is 10.9 Å². The van der Waals surface area contributed by atoms with E-state index < -0.39 is 23.6 Å². The van der Waals surface area contributed by atoms with Gasteiger partial charge in [-0.15, -0.1) is 0 Å². The van der Waals surface area contributed by atoms with E-state index in [1.807, 2.05) is 0 Å². The smallest absolute Gasteiger partial charge is 0.270 e. The Morgan fingerprint density at radius 2 is 2.05 bits per heavy atom. The van der Waals surface area contributed by atoms with Crippen molar-refractivity contribution in [1.82, 2.24) is 10.3 Å². The molecule has 1 unspecified atom stereocenters. The minimum Gasteiger partial charge on any atom is -0.344 e. The van der Waals surface area contributed by atoms with Crippen LogP contribution in [0.2, 0.25) is 0 Å².